The molecule has 0 fully saturated rings. The number of aryl methyl sites for hydroxylation is 2. The highest BCUT2D eigenvalue weighted by Gasteiger charge is 2.16. The van der Waals surface area contributed by atoms with Crippen LogP contribution < -0.4 is 0 Å². The first-order valence-corrected chi connectivity index (χ1v) is 9.17. The first kappa shape index (κ1) is 17.5. The fraction of sp³-hybridized carbons (Fsp3) is 0.222. The molecular weight excluding hydrogens is 369 g/mol. The lowest BCUT2D eigenvalue weighted by atomic mass is 10.1. The van der Waals surface area contributed by atoms with Crippen LogP contribution in [-0.4, -0.2) is 24.9 Å². The summed E-state index contributed by atoms with van der Waals surface area (Å²) in [6.07, 6.45) is 1.63. The van der Waals surface area contributed by atoms with Crippen LogP contribution in [-0.2, 0) is 12.8 Å². The summed E-state index contributed by atoms with van der Waals surface area (Å²) in [5.74, 6) is 2.43. The van der Waals surface area contributed by atoms with Crippen LogP contribution in [0.3, 0.4) is 0 Å². The second-order valence-corrected chi connectivity index (χ2v) is 6.96. The van der Waals surface area contributed by atoms with Crippen molar-refractivity contribution in [2.45, 2.75) is 24.8 Å². The molecule has 27 heavy (non-hydrogen) atoms. The van der Waals surface area contributed by atoms with E-state index in [0.29, 0.717) is 33.8 Å². The van der Waals surface area contributed by atoms with Gasteiger partial charge in [0.15, 0.2) is 11.0 Å². The van der Waals surface area contributed by atoms with E-state index in [1.54, 1.807) is 25.3 Å². The molecule has 0 aliphatic heterocycles. The van der Waals surface area contributed by atoms with Gasteiger partial charge < -0.3 is 13.5 Å². The third kappa shape index (κ3) is 3.37. The number of hydrogen-bond acceptors (Lipinski definition) is 7. The number of benzene rings is 1. The van der Waals surface area contributed by atoms with E-state index in [-0.39, 0.29) is 5.82 Å². The summed E-state index contributed by atoms with van der Waals surface area (Å²) in [5, 5.41) is 13.1. The van der Waals surface area contributed by atoms with Crippen molar-refractivity contribution in [3.63, 3.8) is 0 Å². The van der Waals surface area contributed by atoms with Crippen LogP contribution in [0.1, 0.15) is 17.2 Å². The maximum Gasteiger partial charge on any atom is 0.237 e. The van der Waals surface area contributed by atoms with Gasteiger partial charge in [0, 0.05) is 12.6 Å². The van der Waals surface area contributed by atoms with E-state index in [4.69, 9.17) is 8.94 Å². The van der Waals surface area contributed by atoms with Crippen molar-refractivity contribution in [1.29, 1.82) is 0 Å². The van der Waals surface area contributed by atoms with Crippen LogP contribution in [0.25, 0.3) is 22.8 Å². The summed E-state index contributed by atoms with van der Waals surface area (Å²) in [6.45, 7) is 3.59. The standard InChI is InChI=1S/C18H16FN5O2S/c1-10-4-5-12(8-14(10)19)16-20-15(26-23-16)9-27-18-22-21-17(24(18)3)13-6-7-25-11(13)2/h4-8H,9H2,1-3H3. The molecular formula is C18H16FN5O2S. The van der Waals surface area contributed by atoms with E-state index >= 15 is 0 Å². The third-order valence-corrected chi connectivity index (χ3v) is 5.16. The first-order valence-electron chi connectivity index (χ1n) is 8.18. The number of hydrogen-bond donors (Lipinski definition) is 0. The molecule has 0 aliphatic carbocycles. The van der Waals surface area contributed by atoms with Crippen molar-refractivity contribution >= 4 is 11.8 Å². The predicted octanol–water partition coefficient (Wildman–Crippen LogP) is 4.17. The quantitative estimate of drug-likeness (QED) is 0.477. The Morgan fingerprint density at radius 1 is 1.19 bits per heavy atom. The highest BCUT2D eigenvalue weighted by Crippen LogP contribution is 2.28. The topological polar surface area (TPSA) is 82.8 Å². The van der Waals surface area contributed by atoms with E-state index in [9.17, 15) is 4.39 Å². The molecule has 1 aromatic carbocycles. The minimum Gasteiger partial charge on any atom is -0.469 e. The molecule has 0 atom stereocenters. The SMILES string of the molecule is Cc1ccc(-c2noc(CSc3nnc(-c4ccoc4C)n3C)n2)cc1F. The highest BCUT2D eigenvalue weighted by molar-refractivity contribution is 7.98. The van der Waals surface area contributed by atoms with Crippen molar-refractivity contribution in [2.24, 2.45) is 7.05 Å². The van der Waals surface area contributed by atoms with Gasteiger partial charge in [0.2, 0.25) is 11.7 Å². The smallest absolute Gasteiger partial charge is 0.237 e. The van der Waals surface area contributed by atoms with Crippen LogP contribution in [0.4, 0.5) is 4.39 Å². The Bertz CT molecular complexity index is 1100. The van der Waals surface area contributed by atoms with Gasteiger partial charge in [-0.05, 0) is 31.5 Å². The molecule has 138 valence electrons. The van der Waals surface area contributed by atoms with Gasteiger partial charge >= 0.3 is 0 Å². The Kier molecular flexibility index (Phi) is 4.53. The number of halogens is 1. The summed E-state index contributed by atoms with van der Waals surface area (Å²) in [6, 6.07) is 6.72. The van der Waals surface area contributed by atoms with Crippen LogP contribution in [0.5, 0.6) is 0 Å². The molecule has 0 spiro atoms. The van der Waals surface area contributed by atoms with Crippen molar-refractivity contribution in [3.05, 3.63) is 53.6 Å². The zero-order valence-electron chi connectivity index (χ0n) is 14.9. The number of rotatable bonds is 5. The molecule has 3 aromatic heterocycles. The molecule has 9 heteroatoms. The molecule has 0 N–H and O–H groups in total. The largest absolute Gasteiger partial charge is 0.469 e. The number of thioether (sulfide) groups is 1. The average Bonchev–Trinajstić information content (AvgIpc) is 3.36. The lowest BCUT2D eigenvalue weighted by Crippen LogP contribution is -1.95. The Morgan fingerprint density at radius 3 is 2.78 bits per heavy atom. The molecule has 4 rings (SSSR count). The normalized spacial score (nSPS) is 11.3. The van der Waals surface area contributed by atoms with Gasteiger partial charge in [0.25, 0.3) is 0 Å². The molecule has 0 radical (unpaired) electrons. The molecule has 7 nitrogen and oxygen atoms in total. The highest BCUT2D eigenvalue weighted by atomic mass is 32.2. The maximum absolute atomic E-state index is 13.7. The van der Waals surface area contributed by atoms with Gasteiger partial charge in [-0.1, -0.05) is 29.1 Å². The summed E-state index contributed by atoms with van der Waals surface area (Å²) in [7, 11) is 1.89. The Balaban J connectivity index is 1.49. The summed E-state index contributed by atoms with van der Waals surface area (Å²) in [4.78, 5) is 4.33. The number of aromatic nitrogens is 5. The van der Waals surface area contributed by atoms with Crippen molar-refractivity contribution in [1.82, 2.24) is 24.9 Å². The summed E-state index contributed by atoms with van der Waals surface area (Å²) in [5.41, 5.74) is 2.05. The van der Waals surface area contributed by atoms with Gasteiger partial charge in [-0.15, -0.1) is 10.2 Å². The van der Waals surface area contributed by atoms with Crippen LogP contribution in [0.2, 0.25) is 0 Å². The van der Waals surface area contributed by atoms with Gasteiger partial charge in [0.05, 0.1) is 17.6 Å². The zero-order chi connectivity index (χ0) is 19.0. The Hall–Kier alpha value is -2.94. The van der Waals surface area contributed by atoms with E-state index < -0.39 is 0 Å². The number of nitrogens with zero attached hydrogens (tertiary/aromatic N) is 5. The number of furan rings is 1. The second kappa shape index (κ2) is 6.99. The maximum atomic E-state index is 13.7. The molecule has 0 bridgehead atoms. The lowest BCUT2D eigenvalue weighted by molar-refractivity contribution is 0.391. The van der Waals surface area contributed by atoms with Crippen LogP contribution in [0.15, 0.2) is 44.6 Å². The fourth-order valence-electron chi connectivity index (χ4n) is 2.58. The predicted molar refractivity (Wildman–Crippen MR) is 97.4 cm³/mol. The van der Waals surface area contributed by atoms with E-state index in [1.807, 2.05) is 24.6 Å². The molecule has 3 heterocycles. The summed E-state index contributed by atoms with van der Waals surface area (Å²) >= 11 is 1.43. The van der Waals surface area contributed by atoms with E-state index in [1.165, 1.54) is 17.8 Å². The van der Waals surface area contributed by atoms with Crippen molar-refractivity contribution < 1.29 is 13.3 Å². The summed E-state index contributed by atoms with van der Waals surface area (Å²) < 4.78 is 26.2. The second-order valence-electron chi connectivity index (χ2n) is 6.02. The Labute approximate surface area is 158 Å². The first-order chi connectivity index (χ1) is 13.0. The van der Waals surface area contributed by atoms with Gasteiger partial charge in [-0.2, -0.15) is 4.98 Å². The minimum atomic E-state index is -0.297. The molecule has 0 saturated carbocycles. The van der Waals surface area contributed by atoms with Gasteiger partial charge in [0.1, 0.15) is 11.6 Å². The van der Waals surface area contributed by atoms with Gasteiger partial charge in [-0.3, -0.25) is 0 Å². The van der Waals surface area contributed by atoms with Crippen molar-refractivity contribution in [3.8, 4) is 22.8 Å². The van der Waals surface area contributed by atoms with Crippen LogP contribution in [0, 0.1) is 19.7 Å². The lowest BCUT2D eigenvalue weighted by Gasteiger charge is -2.01. The fourth-order valence-corrected chi connectivity index (χ4v) is 3.33. The molecule has 4 aromatic rings. The van der Waals surface area contributed by atoms with Crippen molar-refractivity contribution in [2.75, 3.05) is 0 Å². The third-order valence-electron chi connectivity index (χ3n) is 4.16. The molecule has 0 saturated heterocycles. The van der Waals surface area contributed by atoms with Gasteiger partial charge in [-0.25, -0.2) is 4.39 Å². The Morgan fingerprint density at radius 2 is 2.04 bits per heavy atom. The molecule has 0 aliphatic rings. The zero-order valence-corrected chi connectivity index (χ0v) is 15.7. The molecule has 0 amide bonds. The monoisotopic (exact) mass is 385 g/mol. The average molecular weight is 385 g/mol. The van der Waals surface area contributed by atoms with E-state index in [2.05, 4.69) is 20.3 Å². The minimum absolute atomic E-state index is 0.297. The molecule has 0 unspecified atom stereocenters. The van der Waals surface area contributed by atoms with Crippen LogP contribution >= 0.6 is 11.8 Å². The van der Waals surface area contributed by atoms with E-state index in [0.717, 1.165) is 17.1 Å².